The van der Waals surface area contributed by atoms with Crippen LogP contribution < -0.4 is 15.2 Å². The highest BCUT2D eigenvalue weighted by molar-refractivity contribution is 5.47. The van der Waals surface area contributed by atoms with Crippen molar-refractivity contribution in [1.29, 1.82) is 0 Å². The molecule has 0 aliphatic rings. The van der Waals surface area contributed by atoms with E-state index in [2.05, 4.69) is 0 Å². The zero-order chi connectivity index (χ0) is 14.3. The molecule has 0 fully saturated rings. The van der Waals surface area contributed by atoms with Crippen LogP contribution in [0.2, 0.25) is 0 Å². The van der Waals surface area contributed by atoms with Crippen LogP contribution in [-0.4, -0.2) is 32.5 Å². The molecule has 19 heavy (non-hydrogen) atoms. The number of rotatable bonds is 8. The molecule has 4 heteroatoms. The summed E-state index contributed by atoms with van der Waals surface area (Å²) in [5.74, 6) is 1.55. The predicted molar refractivity (Wildman–Crippen MR) is 76.9 cm³/mol. The van der Waals surface area contributed by atoms with Gasteiger partial charge in [-0.25, -0.2) is 0 Å². The van der Waals surface area contributed by atoms with Gasteiger partial charge in [-0.05, 0) is 38.8 Å². The summed E-state index contributed by atoms with van der Waals surface area (Å²) in [4.78, 5) is 0. The number of hydrogen-bond acceptors (Lipinski definition) is 4. The standard InChI is InChI=1S/C15H25NO3/c1-5-18-14-8-6-7-13(9-11(2)16)15(14)19-10-12(3)17-4/h6-8,11-12H,5,9-10,16H2,1-4H3. The van der Waals surface area contributed by atoms with Gasteiger partial charge in [0.15, 0.2) is 11.5 Å². The second-order valence-corrected chi connectivity index (χ2v) is 4.72. The number of ether oxygens (including phenoxy) is 3. The predicted octanol–water partition coefficient (Wildman–Crippen LogP) is 2.39. The van der Waals surface area contributed by atoms with E-state index in [9.17, 15) is 0 Å². The summed E-state index contributed by atoms with van der Waals surface area (Å²) < 4.78 is 16.7. The van der Waals surface area contributed by atoms with E-state index in [1.807, 2.05) is 39.0 Å². The maximum Gasteiger partial charge on any atom is 0.164 e. The summed E-state index contributed by atoms with van der Waals surface area (Å²) in [6, 6.07) is 5.99. The highest BCUT2D eigenvalue weighted by Crippen LogP contribution is 2.32. The quantitative estimate of drug-likeness (QED) is 0.785. The molecule has 4 nitrogen and oxygen atoms in total. The van der Waals surface area contributed by atoms with Crippen LogP contribution in [0.25, 0.3) is 0 Å². The zero-order valence-corrected chi connectivity index (χ0v) is 12.3. The van der Waals surface area contributed by atoms with Gasteiger partial charge in [0.2, 0.25) is 0 Å². The second kappa shape index (κ2) is 8.02. The van der Waals surface area contributed by atoms with Crippen molar-refractivity contribution < 1.29 is 14.2 Å². The third-order valence-corrected chi connectivity index (χ3v) is 2.77. The van der Waals surface area contributed by atoms with Crippen molar-refractivity contribution in [1.82, 2.24) is 0 Å². The summed E-state index contributed by atoms with van der Waals surface area (Å²) in [5, 5.41) is 0. The zero-order valence-electron chi connectivity index (χ0n) is 12.3. The molecule has 0 aliphatic carbocycles. The molecule has 2 atom stereocenters. The molecule has 1 aromatic carbocycles. The van der Waals surface area contributed by atoms with Gasteiger partial charge in [0.1, 0.15) is 6.61 Å². The van der Waals surface area contributed by atoms with Gasteiger partial charge < -0.3 is 19.9 Å². The molecule has 0 saturated heterocycles. The number of benzene rings is 1. The monoisotopic (exact) mass is 267 g/mol. The van der Waals surface area contributed by atoms with Crippen LogP contribution in [0.3, 0.4) is 0 Å². The fourth-order valence-electron chi connectivity index (χ4n) is 1.77. The Hall–Kier alpha value is -1.26. The largest absolute Gasteiger partial charge is 0.490 e. The van der Waals surface area contributed by atoms with Gasteiger partial charge in [0, 0.05) is 13.2 Å². The highest BCUT2D eigenvalue weighted by Gasteiger charge is 2.13. The van der Waals surface area contributed by atoms with Crippen molar-refractivity contribution in [3.63, 3.8) is 0 Å². The molecule has 2 unspecified atom stereocenters. The molecule has 0 aromatic heterocycles. The molecule has 0 radical (unpaired) electrons. The van der Waals surface area contributed by atoms with Crippen LogP contribution >= 0.6 is 0 Å². The molecular weight excluding hydrogens is 242 g/mol. The Labute approximate surface area is 115 Å². The van der Waals surface area contributed by atoms with Crippen LogP contribution in [0.1, 0.15) is 26.3 Å². The number of nitrogens with two attached hydrogens (primary N) is 1. The van der Waals surface area contributed by atoms with Crippen LogP contribution in [0.5, 0.6) is 11.5 Å². The lowest BCUT2D eigenvalue weighted by atomic mass is 10.1. The lowest BCUT2D eigenvalue weighted by Crippen LogP contribution is -2.20. The number of hydrogen-bond donors (Lipinski definition) is 1. The van der Waals surface area contributed by atoms with Gasteiger partial charge in [-0.3, -0.25) is 0 Å². The molecule has 1 aromatic rings. The van der Waals surface area contributed by atoms with Crippen molar-refractivity contribution in [2.24, 2.45) is 5.73 Å². The lowest BCUT2D eigenvalue weighted by Gasteiger charge is -2.18. The van der Waals surface area contributed by atoms with Crippen molar-refractivity contribution in [2.75, 3.05) is 20.3 Å². The summed E-state index contributed by atoms with van der Waals surface area (Å²) in [7, 11) is 1.67. The Morgan fingerprint density at radius 3 is 2.53 bits per heavy atom. The first-order chi connectivity index (χ1) is 9.08. The third kappa shape index (κ3) is 5.09. The van der Waals surface area contributed by atoms with Gasteiger partial charge in [0.25, 0.3) is 0 Å². The molecule has 0 saturated carbocycles. The normalized spacial score (nSPS) is 13.9. The first-order valence-corrected chi connectivity index (χ1v) is 6.74. The average Bonchev–Trinajstić information content (AvgIpc) is 2.37. The van der Waals surface area contributed by atoms with Crippen LogP contribution in [-0.2, 0) is 11.2 Å². The summed E-state index contributed by atoms with van der Waals surface area (Å²) in [6.07, 6.45) is 0.801. The average molecular weight is 267 g/mol. The fourth-order valence-corrected chi connectivity index (χ4v) is 1.77. The van der Waals surface area contributed by atoms with Gasteiger partial charge in [-0.2, -0.15) is 0 Å². The van der Waals surface area contributed by atoms with E-state index >= 15 is 0 Å². The molecule has 108 valence electrons. The molecule has 0 amide bonds. The van der Waals surface area contributed by atoms with Crippen LogP contribution in [0.15, 0.2) is 18.2 Å². The SMILES string of the molecule is CCOc1cccc(CC(C)N)c1OCC(C)OC. The van der Waals surface area contributed by atoms with E-state index in [-0.39, 0.29) is 12.1 Å². The van der Waals surface area contributed by atoms with E-state index in [4.69, 9.17) is 19.9 Å². The topological polar surface area (TPSA) is 53.7 Å². The van der Waals surface area contributed by atoms with Crippen molar-refractivity contribution >= 4 is 0 Å². The van der Waals surface area contributed by atoms with Gasteiger partial charge in [-0.15, -0.1) is 0 Å². The minimum absolute atomic E-state index is 0.0397. The first-order valence-electron chi connectivity index (χ1n) is 6.74. The summed E-state index contributed by atoms with van der Waals surface area (Å²) in [5.41, 5.74) is 6.95. The van der Waals surface area contributed by atoms with Crippen LogP contribution in [0.4, 0.5) is 0 Å². The molecule has 1 rings (SSSR count). The Balaban J connectivity index is 2.92. The molecule has 0 aliphatic heterocycles. The highest BCUT2D eigenvalue weighted by atomic mass is 16.5. The molecule has 0 heterocycles. The van der Waals surface area contributed by atoms with E-state index in [0.29, 0.717) is 13.2 Å². The minimum Gasteiger partial charge on any atom is -0.490 e. The Kier molecular flexibility index (Phi) is 6.67. The Morgan fingerprint density at radius 1 is 1.21 bits per heavy atom. The van der Waals surface area contributed by atoms with Crippen molar-refractivity contribution in [3.05, 3.63) is 23.8 Å². The molecular formula is C15H25NO3. The van der Waals surface area contributed by atoms with Gasteiger partial charge in [-0.1, -0.05) is 12.1 Å². The molecule has 0 bridgehead atoms. The van der Waals surface area contributed by atoms with E-state index < -0.39 is 0 Å². The minimum atomic E-state index is 0.0397. The maximum absolute atomic E-state index is 5.88. The van der Waals surface area contributed by atoms with E-state index in [1.54, 1.807) is 7.11 Å². The molecule has 0 spiro atoms. The summed E-state index contributed by atoms with van der Waals surface area (Å²) in [6.45, 7) is 7.01. The first kappa shape index (κ1) is 15.8. The van der Waals surface area contributed by atoms with Crippen molar-refractivity contribution in [2.45, 2.75) is 39.3 Å². The lowest BCUT2D eigenvalue weighted by molar-refractivity contribution is 0.0699. The van der Waals surface area contributed by atoms with Crippen LogP contribution in [0, 0.1) is 0 Å². The van der Waals surface area contributed by atoms with Gasteiger partial charge in [0.05, 0.1) is 12.7 Å². The molecule has 2 N–H and O–H groups in total. The summed E-state index contributed by atoms with van der Waals surface area (Å²) >= 11 is 0. The van der Waals surface area contributed by atoms with Crippen molar-refractivity contribution in [3.8, 4) is 11.5 Å². The maximum atomic E-state index is 5.88. The smallest absolute Gasteiger partial charge is 0.164 e. The number of para-hydroxylation sites is 1. The fraction of sp³-hybridized carbons (Fsp3) is 0.600. The van der Waals surface area contributed by atoms with E-state index in [0.717, 1.165) is 23.5 Å². The Bertz CT molecular complexity index is 380. The van der Waals surface area contributed by atoms with E-state index in [1.165, 1.54) is 0 Å². The Morgan fingerprint density at radius 2 is 1.95 bits per heavy atom. The number of methoxy groups -OCH3 is 1. The second-order valence-electron chi connectivity index (χ2n) is 4.72. The van der Waals surface area contributed by atoms with Gasteiger partial charge >= 0.3 is 0 Å². The third-order valence-electron chi connectivity index (χ3n) is 2.77.